The van der Waals surface area contributed by atoms with Crippen LogP contribution in [0.2, 0.25) is 0 Å². The van der Waals surface area contributed by atoms with Crippen molar-refractivity contribution >= 4 is 11.8 Å². The second-order valence-corrected chi connectivity index (χ2v) is 4.16. The van der Waals surface area contributed by atoms with Crippen molar-refractivity contribution in [2.24, 2.45) is 0 Å². The van der Waals surface area contributed by atoms with E-state index in [0.717, 1.165) is 18.3 Å². The molecule has 16 heavy (non-hydrogen) atoms. The first-order valence-corrected chi connectivity index (χ1v) is 6.16. The largest absolute Gasteiger partial charge is 0.417 e. The average Bonchev–Trinajstić information content (AvgIpc) is 2.24. The molecular weight excluding hydrogens is 235 g/mol. The number of hydrogen-bond acceptors (Lipinski definition) is 2. The normalized spacial score (nSPS) is 11.8. The molecule has 0 amide bonds. The van der Waals surface area contributed by atoms with Gasteiger partial charge in [0.25, 0.3) is 0 Å². The molecule has 0 radical (unpaired) electrons. The van der Waals surface area contributed by atoms with Crippen LogP contribution in [0.1, 0.15) is 18.1 Å². The summed E-state index contributed by atoms with van der Waals surface area (Å²) in [5, 5.41) is 3.01. The standard InChI is InChI=1S/C11H14F3NS/c1-3-15-7-8-4-5-10(16-2)9(6-8)11(12,13)14/h4-6,15H,3,7H2,1-2H3. The van der Waals surface area contributed by atoms with Gasteiger partial charge in [-0.1, -0.05) is 13.0 Å². The number of benzene rings is 1. The Bertz CT molecular complexity index is 350. The Labute approximate surface area is 97.4 Å². The predicted molar refractivity (Wildman–Crippen MR) is 60.6 cm³/mol. The van der Waals surface area contributed by atoms with Crippen molar-refractivity contribution < 1.29 is 13.2 Å². The molecule has 90 valence electrons. The first kappa shape index (κ1) is 13.4. The van der Waals surface area contributed by atoms with Crippen molar-refractivity contribution in [1.82, 2.24) is 5.32 Å². The molecule has 0 atom stereocenters. The van der Waals surface area contributed by atoms with Crippen molar-refractivity contribution in [1.29, 1.82) is 0 Å². The molecule has 0 saturated heterocycles. The SMILES string of the molecule is CCNCc1ccc(SC)c(C(F)(F)F)c1. The van der Waals surface area contributed by atoms with E-state index in [-0.39, 0.29) is 4.90 Å². The first-order valence-electron chi connectivity index (χ1n) is 4.94. The summed E-state index contributed by atoms with van der Waals surface area (Å²) >= 11 is 1.11. The lowest BCUT2D eigenvalue weighted by atomic mass is 10.1. The highest BCUT2D eigenvalue weighted by molar-refractivity contribution is 7.98. The molecule has 1 aromatic rings. The van der Waals surface area contributed by atoms with Crippen molar-refractivity contribution in [3.63, 3.8) is 0 Å². The first-order chi connectivity index (χ1) is 7.49. The van der Waals surface area contributed by atoms with Crippen molar-refractivity contribution in [2.45, 2.75) is 24.5 Å². The fourth-order valence-electron chi connectivity index (χ4n) is 1.36. The lowest BCUT2D eigenvalue weighted by Gasteiger charge is -2.13. The number of alkyl halides is 3. The summed E-state index contributed by atoms with van der Waals surface area (Å²) in [7, 11) is 0. The Morgan fingerprint density at radius 2 is 2.00 bits per heavy atom. The van der Waals surface area contributed by atoms with E-state index in [4.69, 9.17) is 0 Å². The molecule has 0 aliphatic carbocycles. The zero-order chi connectivity index (χ0) is 12.2. The van der Waals surface area contributed by atoms with Crippen LogP contribution >= 0.6 is 11.8 Å². The highest BCUT2D eigenvalue weighted by atomic mass is 32.2. The van der Waals surface area contributed by atoms with E-state index in [1.807, 2.05) is 6.92 Å². The van der Waals surface area contributed by atoms with Gasteiger partial charge < -0.3 is 5.32 Å². The molecule has 0 spiro atoms. The molecule has 1 aromatic carbocycles. The maximum absolute atomic E-state index is 12.7. The van der Waals surface area contributed by atoms with Crippen LogP contribution < -0.4 is 5.32 Å². The van der Waals surface area contributed by atoms with Crippen LogP contribution in [0.25, 0.3) is 0 Å². The summed E-state index contributed by atoms with van der Waals surface area (Å²) in [6, 6.07) is 4.47. The minimum atomic E-state index is -4.28. The number of hydrogen-bond donors (Lipinski definition) is 1. The van der Waals surface area contributed by atoms with Crippen LogP contribution in [0.3, 0.4) is 0 Å². The van der Waals surface area contributed by atoms with Gasteiger partial charge in [-0.25, -0.2) is 0 Å². The van der Waals surface area contributed by atoms with Crippen LogP contribution in [-0.2, 0) is 12.7 Å². The highest BCUT2D eigenvalue weighted by Gasteiger charge is 2.33. The van der Waals surface area contributed by atoms with Gasteiger partial charge in [0.15, 0.2) is 0 Å². The van der Waals surface area contributed by atoms with Crippen molar-refractivity contribution in [3.8, 4) is 0 Å². The smallest absolute Gasteiger partial charge is 0.313 e. The number of nitrogens with one attached hydrogen (secondary N) is 1. The van der Waals surface area contributed by atoms with E-state index in [0.29, 0.717) is 12.1 Å². The van der Waals surface area contributed by atoms with E-state index in [2.05, 4.69) is 5.32 Å². The Morgan fingerprint density at radius 3 is 2.50 bits per heavy atom. The van der Waals surface area contributed by atoms with Gasteiger partial charge in [-0.15, -0.1) is 11.8 Å². The fourth-order valence-corrected chi connectivity index (χ4v) is 1.95. The Morgan fingerprint density at radius 1 is 1.31 bits per heavy atom. The average molecular weight is 249 g/mol. The van der Waals surface area contributed by atoms with Gasteiger partial charge in [0.05, 0.1) is 5.56 Å². The minimum absolute atomic E-state index is 0.271. The molecular formula is C11H14F3NS. The highest BCUT2D eigenvalue weighted by Crippen LogP contribution is 2.36. The Hall–Kier alpha value is -0.680. The van der Waals surface area contributed by atoms with Crippen LogP contribution in [0.4, 0.5) is 13.2 Å². The molecule has 0 heterocycles. The summed E-state index contributed by atoms with van der Waals surface area (Å²) < 4.78 is 38.1. The zero-order valence-electron chi connectivity index (χ0n) is 9.19. The summed E-state index contributed by atoms with van der Waals surface area (Å²) in [4.78, 5) is 0.271. The summed E-state index contributed by atoms with van der Waals surface area (Å²) in [6.45, 7) is 3.13. The van der Waals surface area contributed by atoms with Gasteiger partial charge >= 0.3 is 6.18 Å². The number of thioether (sulfide) groups is 1. The number of rotatable bonds is 4. The van der Waals surface area contributed by atoms with Gasteiger partial charge in [-0.2, -0.15) is 13.2 Å². The van der Waals surface area contributed by atoms with Gasteiger partial charge in [0.2, 0.25) is 0 Å². The maximum Gasteiger partial charge on any atom is 0.417 e. The predicted octanol–water partition coefficient (Wildman–Crippen LogP) is 3.54. The van der Waals surface area contributed by atoms with E-state index >= 15 is 0 Å². The summed E-state index contributed by atoms with van der Waals surface area (Å²) in [6.07, 6.45) is -2.63. The van der Waals surface area contributed by atoms with E-state index < -0.39 is 11.7 Å². The van der Waals surface area contributed by atoms with Crippen LogP contribution in [0, 0.1) is 0 Å². The maximum atomic E-state index is 12.7. The lowest BCUT2D eigenvalue weighted by molar-refractivity contribution is -0.139. The van der Waals surface area contributed by atoms with Crippen molar-refractivity contribution in [2.75, 3.05) is 12.8 Å². The molecule has 0 unspecified atom stereocenters. The quantitative estimate of drug-likeness (QED) is 0.819. The number of halogens is 3. The van der Waals surface area contributed by atoms with Crippen molar-refractivity contribution in [3.05, 3.63) is 29.3 Å². The third-order valence-electron chi connectivity index (χ3n) is 2.15. The van der Waals surface area contributed by atoms with Gasteiger partial charge in [0.1, 0.15) is 0 Å². The van der Waals surface area contributed by atoms with Crippen LogP contribution in [0.15, 0.2) is 23.1 Å². The molecule has 5 heteroatoms. The molecule has 0 aromatic heterocycles. The van der Waals surface area contributed by atoms with Gasteiger partial charge in [0, 0.05) is 11.4 Å². The fraction of sp³-hybridized carbons (Fsp3) is 0.455. The molecule has 0 fully saturated rings. The van der Waals surface area contributed by atoms with Crippen LogP contribution in [0.5, 0.6) is 0 Å². The lowest BCUT2D eigenvalue weighted by Crippen LogP contribution is -2.13. The van der Waals surface area contributed by atoms with Gasteiger partial charge in [-0.3, -0.25) is 0 Å². The second kappa shape index (κ2) is 5.59. The summed E-state index contributed by atoms with van der Waals surface area (Å²) in [5.41, 5.74) is 0.113. The Kier molecular flexibility index (Phi) is 4.68. The monoisotopic (exact) mass is 249 g/mol. The third kappa shape index (κ3) is 3.42. The molecule has 0 aliphatic rings. The second-order valence-electron chi connectivity index (χ2n) is 3.31. The molecule has 1 N–H and O–H groups in total. The van der Waals surface area contributed by atoms with E-state index in [1.165, 1.54) is 12.1 Å². The molecule has 0 saturated carbocycles. The minimum Gasteiger partial charge on any atom is -0.313 e. The zero-order valence-corrected chi connectivity index (χ0v) is 10.0. The molecule has 1 rings (SSSR count). The van der Waals surface area contributed by atoms with Crippen LogP contribution in [-0.4, -0.2) is 12.8 Å². The molecule has 1 nitrogen and oxygen atoms in total. The third-order valence-corrected chi connectivity index (χ3v) is 2.94. The summed E-state index contributed by atoms with van der Waals surface area (Å²) in [5.74, 6) is 0. The molecule has 0 bridgehead atoms. The topological polar surface area (TPSA) is 12.0 Å². The van der Waals surface area contributed by atoms with Gasteiger partial charge in [-0.05, 0) is 30.5 Å². The Balaban J connectivity index is 3.02. The van der Waals surface area contributed by atoms with E-state index in [9.17, 15) is 13.2 Å². The van der Waals surface area contributed by atoms with E-state index in [1.54, 1.807) is 12.3 Å². The molecule has 0 aliphatic heterocycles.